The van der Waals surface area contributed by atoms with E-state index in [0.29, 0.717) is 19.4 Å². The van der Waals surface area contributed by atoms with E-state index < -0.39 is 10.0 Å². The van der Waals surface area contributed by atoms with Crippen molar-refractivity contribution in [2.75, 3.05) is 13.1 Å². The van der Waals surface area contributed by atoms with Crippen LogP contribution in [0.15, 0.2) is 59.5 Å². The van der Waals surface area contributed by atoms with E-state index in [9.17, 15) is 13.2 Å². The lowest BCUT2D eigenvalue weighted by Crippen LogP contribution is -2.45. The third-order valence-corrected chi connectivity index (χ3v) is 8.68. The van der Waals surface area contributed by atoms with E-state index in [4.69, 9.17) is 0 Å². The maximum atomic E-state index is 13.4. The van der Waals surface area contributed by atoms with Gasteiger partial charge < -0.3 is 5.32 Å². The summed E-state index contributed by atoms with van der Waals surface area (Å²) in [6, 6.07) is 17.1. The third-order valence-electron chi connectivity index (χ3n) is 6.82. The molecule has 2 unspecified atom stereocenters. The predicted octanol–water partition coefficient (Wildman–Crippen LogP) is 5.04. The van der Waals surface area contributed by atoms with Crippen molar-refractivity contribution in [2.24, 2.45) is 5.92 Å². The van der Waals surface area contributed by atoms with Crippen LogP contribution in [-0.2, 0) is 14.8 Å². The average molecular weight is 465 g/mol. The molecule has 3 aromatic carbocycles. The maximum Gasteiger partial charge on any atom is 0.243 e. The molecule has 1 aliphatic heterocycles. The molecule has 0 bridgehead atoms. The number of nitrogens with one attached hydrogen (secondary N) is 1. The smallest absolute Gasteiger partial charge is 0.243 e. The van der Waals surface area contributed by atoms with Crippen LogP contribution in [-0.4, -0.2) is 31.7 Å². The lowest BCUT2D eigenvalue weighted by molar-refractivity contribution is -0.126. The number of amides is 1. The van der Waals surface area contributed by atoms with Gasteiger partial charge in [0.2, 0.25) is 15.9 Å². The molecule has 5 nitrogen and oxygen atoms in total. The van der Waals surface area contributed by atoms with Crippen LogP contribution in [0.3, 0.4) is 0 Å². The van der Waals surface area contributed by atoms with Gasteiger partial charge in [-0.15, -0.1) is 0 Å². The fourth-order valence-corrected chi connectivity index (χ4v) is 6.27. The number of hydrogen-bond acceptors (Lipinski definition) is 3. The summed E-state index contributed by atoms with van der Waals surface area (Å²) in [4.78, 5) is 13.4. The Balaban J connectivity index is 1.49. The maximum absolute atomic E-state index is 13.4. The second-order valence-corrected chi connectivity index (χ2v) is 11.2. The Morgan fingerprint density at radius 2 is 1.67 bits per heavy atom. The van der Waals surface area contributed by atoms with Crippen molar-refractivity contribution in [1.82, 2.24) is 9.62 Å². The molecule has 1 saturated heterocycles. The van der Waals surface area contributed by atoms with Gasteiger partial charge in [-0.2, -0.15) is 4.31 Å². The monoisotopic (exact) mass is 464 g/mol. The molecule has 174 valence electrons. The Morgan fingerprint density at radius 1 is 0.970 bits per heavy atom. The molecule has 0 spiro atoms. The van der Waals surface area contributed by atoms with Gasteiger partial charge in [-0.05, 0) is 85.7 Å². The number of piperidine rings is 1. The zero-order valence-electron chi connectivity index (χ0n) is 19.8. The number of fused-ring (bicyclic) bond motifs is 1. The molecule has 3 aromatic rings. The second-order valence-electron chi connectivity index (χ2n) is 9.23. The number of hydrogen-bond donors (Lipinski definition) is 1. The van der Waals surface area contributed by atoms with Gasteiger partial charge in [0, 0.05) is 13.1 Å². The van der Waals surface area contributed by atoms with Crippen molar-refractivity contribution in [3.63, 3.8) is 0 Å². The Hall–Kier alpha value is -2.70. The molecule has 1 fully saturated rings. The van der Waals surface area contributed by atoms with Crippen molar-refractivity contribution in [1.29, 1.82) is 0 Å². The number of sulfonamides is 1. The van der Waals surface area contributed by atoms with Crippen LogP contribution >= 0.6 is 0 Å². The van der Waals surface area contributed by atoms with E-state index in [0.717, 1.165) is 21.9 Å². The van der Waals surface area contributed by atoms with Gasteiger partial charge in [0.05, 0.1) is 16.9 Å². The zero-order valence-corrected chi connectivity index (χ0v) is 20.6. The minimum Gasteiger partial charge on any atom is -0.349 e. The predicted molar refractivity (Wildman–Crippen MR) is 133 cm³/mol. The summed E-state index contributed by atoms with van der Waals surface area (Å²) in [5.74, 6) is -0.443. The van der Waals surface area contributed by atoms with Gasteiger partial charge in [0.15, 0.2) is 0 Å². The van der Waals surface area contributed by atoms with Gasteiger partial charge >= 0.3 is 0 Å². The summed E-state index contributed by atoms with van der Waals surface area (Å²) < 4.78 is 28.2. The standard InChI is InChI=1S/C27H32N2O3S/c1-18-14-20(3)26(15-19(18)2)21(4)28-27(30)24-10-7-13-29(17-24)33(31,32)25-12-11-22-8-5-6-9-23(22)16-25/h5-6,8-9,11-12,14-16,21,24H,7,10,13,17H2,1-4H3,(H,28,30). The van der Waals surface area contributed by atoms with Gasteiger partial charge in [-0.25, -0.2) is 8.42 Å². The van der Waals surface area contributed by atoms with Crippen molar-refractivity contribution in [3.8, 4) is 0 Å². The Bertz CT molecular complexity index is 1300. The van der Waals surface area contributed by atoms with Crippen LogP contribution in [0, 0.1) is 26.7 Å². The molecule has 33 heavy (non-hydrogen) atoms. The molecule has 1 heterocycles. The minimum atomic E-state index is -3.66. The van der Waals surface area contributed by atoms with Gasteiger partial charge in [-0.1, -0.05) is 42.5 Å². The van der Waals surface area contributed by atoms with E-state index in [1.165, 1.54) is 15.4 Å². The largest absolute Gasteiger partial charge is 0.349 e. The Morgan fingerprint density at radius 3 is 2.42 bits per heavy atom. The molecule has 1 aliphatic rings. The zero-order chi connectivity index (χ0) is 23.8. The molecule has 0 aromatic heterocycles. The van der Waals surface area contributed by atoms with Crippen molar-refractivity contribution >= 4 is 26.7 Å². The highest BCUT2D eigenvalue weighted by atomic mass is 32.2. The fourth-order valence-electron chi connectivity index (χ4n) is 4.71. The van der Waals surface area contributed by atoms with Crippen LogP contribution in [0.5, 0.6) is 0 Å². The molecule has 0 radical (unpaired) electrons. The van der Waals surface area contributed by atoms with E-state index in [-0.39, 0.29) is 29.3 Å². The normalized spacial score (nSPS) is 18.2. The van der Waals surface area contributed by atoms with E-state index in [1.807, 2.05) is 37.3 Å². The summed E-state index contributed by atoms with van der Waals surface area (Å²) in [6.07, 6.45) is 1.36. The Kier molecular flexibility index (Phi) is 6.59. The molecule has 6 heteroatoms. The van der Waals surface area contributed by atoms with Crippen LogP contribution < -0.4 is 5.32 Å². The molecule has 0 aliphatic carbocycles. The number of rotatable bonds is 5. The van der Waals surface area contributed by atoms with Crippen molar-refractivity contribution in [3.05, 3.63) is 76.9 Å². The minimum absolute atomic E-state index is 0.0847. The topological polar surface area (TPSA) is 66.5 Å². The molecular weight excluding hydrogens is 432 g/mol. The summed E-state index contributed by atoms with van der Waals surface area (Å²) in [7, 11) is -3.66. The molecule has 1 amide bonds. The third kappa shape index (κ3) is 4.82. The second kappa shape index (κ2) is 9.27. The van der Waals surface area contributed by atoms with E-state index in [1.54, 1.807) is 12.1 Å². The first-order valence-corrected chi connectivity index (χ1v) is 13.0. The average Bonchev–Trinajstić information content (AvgIpc) is 2.81. The molecule has 2 atom stereocenters. The van der Waals surface area contributed by atoms with Gasteiger partial charge in [-0.3, -0.25) is 4.79 Å². The van der Waals surface area contributed by atoms with Crippen molar-refractivity contribution < 1.29 is 13.2 Å². The van der Waals surface area contributed by atoms with Crippen LogP contribution in [0.1, 0.15) is 48.1 Å². The van der Waals surface area contributed by atoms with E-state index >= 15 is 0 Å². The number of carbonyl (C=O) groups is 1. The number of nitrogens with zero attached hydrogens (tertiary/aromatic N) is 1. The molecule has 1 N–H and O–H groups in total. The first-order valence-electron chi connectivity index (χ1n) is 11.5. The SMILES string of the molecule is Cc1cc(C)c(C(C)NC(=O)C2CCCN(S(=O)(=O)c3ccc4ccccc4c3)C2)cc1C. The van der Waals surface area contributed by atoms with Crippen LogP contribution in [0.4, 0.5) is 0 Å². The number of aryl methyl sites for hydroxylation is 3. The number of benzene rings is 3. The summed E-state index contributed by atoms with van der Waals surface area (Å²) in [6.45, 7) is 8.85. The Labute approximate surface area is 196 Å². The van der Waals surface area contributed by atoms with Crippen LogP contribution in [0.25, 0.3) is 10.8 Å². The highest BCUT2D eigenvalue weighted by Crippen LogP contribution is 2.27. The molecule has 0 saturated carbocycles. The summed E-state index contributed by atoms with van der Waals surface area (Å²) >= 11 is 0. The van der Waals surface area contributed by atoms with Crippen LogP contribution in [0.2, 0.25) is 0 Å². The number of carbonyl (C=O) groups excluding carboxylic acids is 1. The highest BCUT2D eigenvalue weighted by Gasteiger charge is 2.34. The molecular formula is C27H32N2O3S. The van der Waals surface area contributed by atoms with Crippen molar-refractivity contribution in [2.45, 2.75) is 51.5 Å². The van der Waals surface area contributed by atoms with E-state index in [2.05, 4.69) is 38.2 Å². The van der Waals surface area contributed by atoms with Gasteiger partial charge in [0.25, 0.3) is 0 Å². The first-order chi connectivity index (χ1) is 15.7. The lowest BCUT2D eigenvalue weighted by Gasteiger charge is -2.32. The first kappa shape index (κ1) is 23.5. The lowest BCUT2D eigenvalue weighted by atomic mass is 9.95. The quantitative estimate of drug-likeness (QED) is 0.575. The van der Waals surface area contributed by atoms with Gasteiger partial charge in [0.1, 0.15) is 0 Å². The summed E-state index contributed by atoms with van der Waals surface area (Å²) in [5.41, 5.74) is 4.68. The highest BCUT2D eigenvalue weighted by molar-refractivity contribution is 7.89. The summed E-state index contributed by atoms with van der Waals surface area (Å²) in [5, 5.41) is 5.02. The molecule has 4 rings (SSSR count). The fraction of sp³-hybridized carbons (Fsp3) is 0.370.